The number of ether oxygens (including phenoxy) is 1. The molecule has 6 aromatic rings. The summed E-state index contributed by atoms with van der Waals surface area (Å²) in [6.07, 6.45) is -0.644. The molecule has 1 atom stereocenters. The molecule has 4 aliphatic rings. The summed E-state index contributed by atoms with van der Waals surface area (Å²) in [5.41, 5.74) is 14.5. The van der Waals surface area contributed by atoms with Crippen LogP contribution in [-0.2, 0) is 40.4 Å². The lowest BCUT2D eigenvalue weighted by Crippen LogP contribution is -2.64. The molecular formula is C54H58N8O5Si. The second-order valence-electron chi connectivity index (χ2n) is 22.5. The van der Waals surface area contributed by atoms with E-state index >= 15 is 0 Å². The fourth-order valence-electron chi connectivity index (χ4n) is 9.53. The highest BCUT2D eigenvalue weighted by atomic mass is 28.4. The Kier molecular flexibility index (Phi) is 9.76. The first-order chi connectivity index (χ1) is 31.8. The van der Waals surface area contributed by atoms with Gasteiger partial charge >= 0.3 is 14.6 Å². The molecule has 68 heavy (non-hydrogen) atoms. The molecule has 0 amide bonds. The molecular weight excluding hydrogens is 869 g/mol. The average molecular weight is 927 g/mol. The van der Waals surface area contributed by atoms with Gasteiger partial charge < -0.3 is 20.0 Å². The van der Waals surface area contributed by atoms with Crippen molar-refractivity contribution < 1.29 is 23.9 Å². The zero-order chi connectivity index (χ0) is 48.8. The lowest BCUT2D eigenvalue weighted by atomic mass is 9.85. The van der Waals surface area contributed by atoms with Crippen LogP contribution in [0.15, 0.2) is 103 Å². The molecule has 10 rings (SSSR count). The molecule has 14 heteroatoms. The van der Waals surface area contributed by atoms with Crippen LogP contribution in [0, 0.1) is 0 Å². The van der Waals surface area contributed by atoms with E-state index in [4.69, 9.17) is 39.9 Å². The first-order valence-electron chi connectivity index (χ1n) is 23.2. The largest absolute Gasteiger partial charge is 0.571 e. The van der Waals surface area contributed by atoms with Gasteiger partial charge in [-0.05, 0) is 68.2 Å². The number of aliphatic imine (C=N–C) groups is 3. The quantitative estimate of drug-likeness (QED) is 0.132. The van der Waals surface area contributed by atoms with Crippen molar-refractivity contribution in [2.75, 3.05) is 12.8 Å². The zero-order valence-electron chi connectivity index (χ0n) is 41.1. The van der Waals surface area contributed by atoms with Gasteiger partial charge in [-0.3, -0.25) is 18.1 Å². The Morgan fingerprint density at radius 2 is 1.01 bits per heavy atom. The number of fused-ring (bicyclic) bond motifs is 15. The van der Waals surface area contributed by atoms with Crippen LogP contribution in [0.1, 0.15) is 140 Å². The molecule has 348 valence electrons. The summed E-state index contributed by atoms with van der Waals surface area (Å²) in [4.78, 5) is 54.6. The molecule has 0 saturated carbocycles. The van der Waals surface area contributed by atoms with Gasteiger partial charge in [-0.1, -0.05) is 132 Å². The first kappa shape index (κ1) is 44.9. The zero-order valence-corrected chi connectivity index (χ0v) is 42.1. The molecule has 4 bridgehead atoms. The fraction of sp³-hybridized carbons (Fsp3) is 0.352. The number of aliphatic hydroxyl groups excluding tert-OH is 1. The number of esters is 1. The highest BCUT2D eigenvalue weighted by Gasteiger charge is 2.59. The molecule has 1 unspecified atom stereocenters. The summed E-state index contributed by atoms with van der Waals surface area (Å²) in [6, 6.07) is 24.6. The number of hydrogen-bond acceptors (Lipinski definition) is 11. The maximum atomic E-state index is 15.0. The number of methoxy groups -OCH3 is 1. The number of aromatic nitrogens is 2. The minimum absolute atomic E-state index is 0.179. The monoisotopic (exact) mass is 926 g/mol. The number of nitrogen functional groups attached to an aromatic ring is 1. The van der Waals surface area contributed by atoms with E-state index in [1.54, 1.807) is 8.47 Å². The van der Waals surface area contributed by atoms with E-state index in [1.807, 2.05) is 36.4 Å². The molecule has 0 aliphatic carbocycles. The van der Waals surface area contributed by atoms with E-state index in [9.17, 15) is 14.7 Å². The van der Waals surface area contributed by atoms with Crippen LogP contribution in [0.2, 0.25) is 0 Å². The maximum Gasteiger partial charge on any atom is 0.571 e. The number of nitrogens with zero attached hydrogens (tertiary/aromatic N) is 7. The van der Waals surface area contributed by atoms with Crippen molar-refractivity contribution in [3.8, 4) is 0 Å². The summed E-state index contributed by atoms with van der Waals surface area (Å²) in [5, 5.41) is 16.2. The number of aliphatic hydroxyl groups is 1. The third-order valence-corrected chi connectivity index (χ3v) is 17.1. The Hall–Kier alpha value is -6.93. The van der Waals surface area contributed by atoms with Crippen molar-refractivity contribution in [1.82, 2.24) is 8.47 Å². The molecule has 0 radical (unpaired) electrons. The van der Waals surface area contributed by atoms with Crippen molar-refractivity contribution in [3.05, 3.63) is 134 Å². The van der Waals surface area contributed by atoms with Gasteiger partial charge in [-0.15, -0.1) is 0 Å². The van der Waals surface area contributed by atoms with Gasteiger partial charge in [0.1, 0.15) is 28.3 Å². The molecule has 0 fully saturated rings. The fourth-order valence-corrected chi connectivity index (χ4v) is 13.2. The molecule has 2 aromatic heterocycles. The predicted octanol–water partition coefficient (Wildman–Crippen LogP) is 9.53. The predicted molar refractivity (Wildman–Crippen MR) is 271 cm³/mol. The van der Waals surface area contributed by atoms with Crippen molar-refractivity contribution in [2.45, 2.75) is 118 Å². The SMILES string of the molecule is COC(=O)CCC(=O)O[Si]12/C(O)=C3N=C(/N=c4/c5ccc(C(C)(C)C)cc5/c(n41)=N/C1=NC(=N\c4c5ccc(C(C)(C)C)cc5c(N)n42)/c2cc(C(C)(C)C)ccc21)c1cc(C(C)(C)C)ccc1\3. The lowest BCUT2D eigenvalue weighted by Gasteiger charge is -2.34. The van der Waals surface area contributed by atoms with Crippen LogP contribution in [-0.4, -0.2) is 58.8 Å². The summed E-state index contributed by atoms with van der Waals surface area (Å²) in [6.45, 7) is 25.7. The number of anilines is 1. The second kappa shape index (κ2) is 14.8. The summed E-state index contributed by atoms with van der Waals surface area (Å²) < 4.78 is 15.6. The van der Waals surface area contributed by atoms with Crippen molar-refractivity contribution >= 4 is 77.0 Å². The molecule has 0 spiro atoms. The van der Waals surface area contributed by atoms with Gasteiger partial charge in [0, 0.05) is 43.8 Å². The Balaban J connectivity index is 1.48. The van der Waals surface area contributed by atoms with Crippen LogP contribution in [0.5, 0.6) is 0 Å². The summed E-state index contributed by atoms with van der Waals surface area (Å²) >= 11 is 0. The lowest BCUT2D eigenvalue weighted by molar-refractivity contribution is -0.145. The Labute approximate surface area is 396 Å². The molecule has 0 saturated heterocycles. The van der Waals surface area contributed by atoms with Gasteiger partial charge in [-0.25, -0.2) is 25.0 Å². The number of amidine groups is 3. The Bertz CT molecular complexity index is 3520. The third-order valence-electron chi connectivity index (χ3n) is 13.6. The third kappa shape index (κ3) is 6.81. The Morgan fingerprint density at radius 1 is 0.544 bits per heavy atom. The summed E-state index contributed by atoms with van der Waals surface area (Å²) in [7, 11) is -3.76. The number of benzene rings is 4. The van der Waals surface area contributed by atoms with Gasteiger partial charge in [0.25, 0.3) is 5.97 Å². The average Bonchev–Trinajstić information content (AvgIpc) is 3.98. The van der Waals surface area contributed by atoms with E-state index < -0.39 is 20.6 Å². The van der Waals surface area contributed by atoms with E-state index in [-0.39, 0.29) is 51.4 Å². The highest BCUT2D eigenvalue weighted by molar-refractivity contribution is 6.80. The molecule has 6 heterocycles. The van der Waals surface area contributed by atoms with Gasteiger partial charge in [0.2, 0.25) is 0 Å². The number of rotatable bonds is 4. The van der Waals surface area contributed by atoms with E-state index in [1.165, 1.54) is 7.11 Å². The van der Waals surface area contributed by atoms with Crippen LogP contribution >= 0.6 is 0 Å². The van der Waals surface area contributed by atoms with Crippen molar-refractivity contribution in [1.29, 1.82) is 0 Å². The van der Waals surface area contributed by atoms with Gasteiger partial charge in [0.05, 0.1) is 20.0 Å². The minimum Gasteiger partial charge on any atom is -0.508 e. The van der Waals surface area contributed by atoms with Crippen LogP contribution in [0.4, 0.5) is 11.6 Å². The Morgan fingerprint density at radius 3 is 1.60 bits per heavy atom. The van der Waals surface area contributed by atoms with E-state index in [2.05, 4.69) is 119 Å². The van der Waals surface area contributed by atoms with Gasteiger partial charge in [0.15, 0.2) is 22.9 Å². The van der Waals surface area contributed by atoms with E-state index in [0.29, 0.717) is 67.0 Å². The number of hydrogen-bond donors (Lipinski definition) is 2. The normalized spacial score (nSPS) is 20.3. The molecule has 4 aromatic carbocycles. The van der Waals surface area contributed by atoms with Crippen molar-refractivity contribution in [2.24, 2.45) is 25.0 Å². The molecule has 13 nitrogen and oxygen atoms in total. The van der Waals surface area contributed by atoms with E-state index in [0.717, 1.165) is 33.4 Å². The maximum absolute atomic E-state index is 15.0. The smallest absolute Gasteiger partial charge is 0.508 e. The molecule has 4 aliphatic heterocycles. The summed E-state index contributed by atoms with van der Waals surface area (Å²) in [5.74, 6) is 0.273. The van der Waals surface area contributed by atoms with Gasteiger partial charge in [-0.2, -0.15) is 0 Å². The van der Waals surface area contributed by atoms with Crippen LogP contribution < -0.4 is 16.7 Å². The van der Waals surface area contributed by atoms with Crippen LogP contribution in [0.3, 0.4) is 0 Å². The number of carbonyl (C=O) groups is 2. The highest BCUT2D eigenvalue weighted by Crippen LogP contribution is 2.46. The van der Waals surface area contributed by atoms with Crippen molar-refractivity contribution in [3.63, 3.8) is 0 Å². The minimum atomic E-state index is -5.03. The second-order valence-corrected chi connectivity index (χ2v) is 25.2. The number of nitrogens with two attached hydrogens (primary N) is 1. The first-order valence-corrected chi connectivity index (χ1v) is 25.0. The standard InChI is InChI=1S/C54H58N8O5Si/c1-51(2,3)28-16-20-34-36(24-28)43(55)61-47(34)60-46-38-26-30(53(7,8)9)15-19-33(38)44(57-46)58-49-39-27-31(54(10,11)12)17-21-35(39)48-59-45-37-25-29(52(4,5)6)14-18-32(37)42(56-45)50(65)68(61,62(48)49)67-41(64)23-22-40(63)66-13/h14-21,24-27,65H,22-23,55H2,1-13H3/b50-42-,58-49-,59-48-,60-46-. The number of carbonyl (C=O) groups excluding carboxylic acids is 2. The molecule has 3 N–H and O–H groups in total. The van der Waals surface area contributed by atoms with Crippen LogP contribution in [0.25, 0.3) is 27.2 Å². The topological polar surface area (TPSA) is 171 Å².